The van der Waals surface area contributed by atoms with Gasteiger partial charge in [-0.25, -0.2) is 4.39 Å². The van der Waals surface area contributed by atoms with Crippen LogP contribution in [0.4, 0.5) is 4.39 Å². The molecule has 0 aromatic heterocycles. The van der Waals surface area contributed by atoms with E-state index in [1.165, 1.54) is 6.07 Å². The first-order valence-electron chi connectivity index (χ1n) is 6.67. The van der Waals surface area contributed by atoms with Crippen LogP contribution in [-0.4, -0.2) is 38.3 Å². The molecular weight excluding hydrogens is 327 g/mol. The van der Waals surface area contributed by atoms with Gasteiger partial charge in [0.25, 0.3) is 0 Å². The summed E-state index contributed by atoms with van der Waals surface area (Å²) < 4.78 is 19.6. The number of carbonyl (C=O) groups is 1. The van der Waals surface area contributed by atoms with Crippen molar-refractivity contribution in [3.05, 3.63) is 34.1 Å². The number of morpholine rings is 1. The van der Waals surface area contributed by atoms with Crippen molar-refractivity contribution in [1.29, 1.82) is 0 Å². The number of halogens is 2. The van der Waals surface area contributed by atoms with Crippen molar-refractivity contribution < 1.29 is 13.9 Å². The van der Waals surface area contributed by atoms with E-state index in [4.69, 9.17) is 4.74 Å². The fourth-order valence-corrected chi connectivity index (χ4v) is 2.53. The highest BCUT2D eigenvalue weighted by atomic mass is 79.9. The molecule has 0 spiro atoms. The molecule has 1 aliphatic rings. The summed E-state index contributed by atoms with van der Waals surface area (Å²) in [6, 6.07) is 4.89. The largest absolute Gasteiger partial charge is 0.378 e. The molecule has 1 aliphatic heterocycles. The molecule has 0 saturated carbocycles. The van der Waals surface area contributed by atoms with E-state index in [2.05, 4.69) is 26.6 Å². The van der Waals surface area contributed by atoms with Crippen molar-refractivity contribution >= 4 is 21.8 Å². The highest BCUT2D eigenvalue weighted by Gasteiger charge is 2.16. The maximum Gasteiger partial charge on any atom is 0.221 e. The number of benzene rings is 1. The van der Waals surface area contributed by atoms with Crippen LogP contribution >= 0.6 is 15.9 Å². The SMILES string of the molecule is O=C(CC1COCCN1)NCCc1cc(Br)ccc1F. The van der Waals surface area contributed by atoms with Crippen LogP contribution in [0.5, 0.6) is 0 Å². The fourth-order valence-electron chi connectivity index (χ4n) is 2.12. The molecule has 4 nitrogen and oxygen atoms in total. The molecule has 0 bridgehead atoms. The quantitative estimate of drug-likeness (QED) is 0.853. The number of carbonyl (C=O) groups excluding carboxylic acids is 1. The smallest absolute Gasteiger partial charge is 0.221 e. The van der Waals surface area contributed by atoms with E-state index >= 15 is 0 Å². The molecule has 20 heavy (non-hydrogen) atoms. The van der Waals surface area contributed by atoms with Crippen molar-refractivity contribution in [3.63, 3.8) is 0 Å². The van der Waals surface area contributed by atoms with Gasteiger partial charge in [-0.05, 0) is 30.2 Å². The summed E-state index contributed by atoms with van der Waals surface area (Å²) in [5.74, 6) is -0.284. The summed E-state index contributed by atoms with van der Waals surface area (Å²) in [5, 5.41) is 6.03. The van der Waals surface area contributed by atoms with Crippen LogP contribution in [0, 0.1) is 5.82 Å². The molecule has 1 fully saturated rings. The van der Waals surface area contributed by atoms with E-state index in [0.29, 0.717) is 38.2 Å². The van der Waals surface area contributed by atoms with E-state index in [0.717, 1.165) is 11.0 Å². The number of rotatable bonds is 5. The molecule has 1 atom stereocenters. The van der Waals surface area contributed by atoms with E-state index < -0.39 is 0 Å². The Morgan fingerprint density at radius 2 is 2.40 bits per heavy atom. The average molecular weight is 345 g/mol. The van der Waals surface area contributed by atoms with Gasteiger partial charge in [-0.1, -0.05) is 15.9 Å². The van der Waals surface area contributed by atoms with Gasteiger partial charge in [-0.3, -0.25) is 4.79 Å². The van der Waals surface area contributed by atoms with Crippen molar-refractivity contribution in [2.45, 2.75) is 18.9 Å². The first kappa shape index (κ1) is 15.4. The molecule has 6 heteroatoms. The van der Waals surface area contributed by atoms with Gasteiger partial charge in [-0.15, -0.1) is 0 Å². The van der Waals surface area contributed by atoms with E-state index in [1.807, 2.05) is 0 Å². The molecule has 110 valence electrons. The lowest BCUT2D eigenvalue weighted by atomic mass is 10.1. The zero-order valence-electron chi connectivity index (χ0n) is 11.1. The minimum absolute atomic E-state index is 0.0385. The number of ether oxygens (including phenoxy) is 1. The molecule has 2 N–H and O–H groups in total. The van der Waals surface area contributed by atoms with Gasteiger partial charge in [-0.2, -0.15) is 0 Å². The second-order valence-corrected chi connectivity index (χ2v) is 5.68. The van der Waals surface area contributed by atoms with Crippen LogP contribution < -0.4 is 10.6 Å². The summed E-state index contributed by atoms with van der Waals surface area (Å²) in [7, 11) is 0. The second kappa shape index (κ2) is 7.71. The monoisotopic (exact) mass is 344 g/mol. The summed E-state index contributed by atoms with van der Waals surface area (Å²) in [4.78, 5) is 11.7. The molecule has 0 radical (unpaired) electrons. The summed E-state index contributed by atoms with van der Waals surface area (Å²) >= 11 is 3.31. The van der Waals surface area contributed by atoms with Crippen molar-refractivity contribution in [1.82, 2.24) is 10.6 Å². The van der Waals surface area contributed by atoms with Gasteiger partial charge in [0.2, 0.25) is 5.91 Å². The zero-order valence-corrected chi connectivity index (χ0v) is 12.7. The Balaban J connectivity index is 1.72. The third-order valence-electron chi connectivity index (χ3n) is 3.15. The van der Waals surface area contributed by atoms with E-state index in [1.54, 1.807) is 12.1 Å². The first-order chi connectivity index (χ1) is 9.65. The first-order valence-corrected chi connectivity index (χ1v) is 7.46. The standard InChI is InChI=1S/C14H18BrFN2O2/c15-11-1-2-13(16)10(7-11)3-4-18-14(19)8-12-9-20-6-5-17-12/h1-2,7,12,17H,3-6,8-9H2,(H,18,19). The molecule has 1 unspecified atom stereocenters. The minimum atomic E-state index is -0.246. The molecular formula is C14H18BrFN2O2. The minimum Gasteiger partial charge on any atom is -0.378 e. The van der Waals surface area contributed by atoms with Gasteiger partial charge in [0.15, 0.2) is 0 Å². The van der Waals surface area contributed by atoms with Crippen molar-refractivity contribution in [3.8, 4) is 0 Å². The molecule has 1 amide bonds. The summed E-state index contributed by atoms with van der Waals surface area (Å²) in [6.45, 7) is 2.47. The molecule has 1 aromatic rings. The molecule has 0 aliphatic carbocycles. The Morgan fingerprint density at radius 3 is 3.15 bits per heavy atom. The Hall–Kier alpha value is -0.980. The average Bonchev–Trinajstić information content (AvgIpc) is 2.44. The Labute approximate surface area is 126 Å². The zero-order chi connectivity index (χ0) is 14.4. The summed E-state index contributed by atoms with van der Waals surface area (Å²) in [5.41, 5.74) is 0.596. The van der Waals surface area contributed by atoms with Crippen LogP contribution in [0.3, 0.4) is 0 Å². The number of hydrogen-bond donors (Lipinski definition) is 2. The maximum absolute atomic E-state index is 13.5. The van der Waals surface area contributed by atoms with Crippen LogP contribution in [-0.2, 0) is 16.0 Å². The van der Waals surface area contributed by atoms with Gasteiger partial charge >= 0.3 is 0 Å². The predicted octanol–water partition coefficient (Wildman–Crippen LogP) is 1.63. The van der Waals surface area contributed by atoms with Crippen molar-refractivity contribution in [2.75, 3.05) is 26.3 Å². The highest BCUT2D eigenvalue weighted by Crippen LogP contribution is 2.15. The van der Waals surface area contributed by atoms with E-state index in [-0.39, 0.29) is 17.8 Å². The van der Waals surface area contributed by atoms with Gasteiger partial charge < -0.3 is 15.4 Å². The van der Waals surface area contributed by atoms with Gasteiger partial charge in [0.05, 0.1) is 13.2 Å². The Bertz CT molecular complexity index is 464. The molecule has 1 heterocycles. The van der Waals surface area contributed by atoms with Crippen LogP contribution in [0.1, 0.15) is 12.0 Å². The third-order valence-corrected chi connectivity index (χ3v) is 3.65. The van der Waals surface area contributed by atoms with Gasteiger partial charge in [0.1, 0.15) is 5.82 Å². The number of amides is 1. The maximum atomic E-state index is 13.5. The lowest BCUT2D eigenvalue weighted by Crippen LogP contribution is -2.44. The lowest BCUT2D eigenvalue weighted by Gasteiger charge is -2.23. The topological polar surface area (TPSA) is 50.4 Å². The van der Waals surface area contributed by atoms with Crippen LogP contribution in [0.15, 0.2) is 22.7 Å². The third kappa shape index (κ3) is 4.85. The lowest BCUT2D eigenvalue weighted by molar-refractivity contribution is -0.122. The Kier molecular flexibility index (Phi) is 5.94. The predicted molar refractivity (Wildman–Crippen MR) is 78.0 cm³/mol. The normalized spacial score (nSPS) is 18.8. The van der Waals surface area contributed by atoms with Crippen LogP contribution in [0.25, 0.3) is 0 Å². The molecule has 1 aromatic carbocycles. The summed E-state index contributed by atoms with van der Waals surface area (Å²) in [6.07, 6.45) is 0.868. The highest BCUT2D eigenvalue weighted by molar-refractivity contribution is 9.10. The Morgan fingerprint density at radius 1 is 1.55 bits per heavy atom. The fraction of sp³-hybridized carbons (Fsp3) is 0.500. The second-order valence-electron chi connectivity index (χ2n) is 4.77. The van der Waals surface area contributed by atoms with E-state index in [9.17, 15) is 9.18 Å². The number of hydrogen-bond acceptors (Lipinski definition) is 3. The van der Waals surface area contributed by atoms with Gasteiger partial charge in [0, 0.05) is 30.0 Å². The molecule has 1 saturated heterocycles. The number of nitrogens with one attached hydrogen (secondary N) is 2. The van der Waals surface area contributed by atoms with Crippen molar-refractivity contribution in [2.24, 2.45) is 0 Å². The van der Waals surface area contributed by atoms with Crippen LogP contribution in [0.2, 0.25) is 0 Å². The molecule has 2 rings (SSSR count).